The maximum atomic E-state index is 9.93. The van der Waals surface area contributed by atoms with Crippen LogP contribution in [0.3, 0.4) is 0 Å². The number of imidazole rings is 1. The standard InChI is InChI=1S/C19H18N4O2/c20-18-15(24)10-14(11-21-18)17-16(12-6-8-25-9-7-12)22-19(23-17)13-4-2-1-3-5-13/h1-6,10-11,24H,7-9H2,(H2,20,21)(H,22,23). The van der Waals surface area contributed by atoms with Crippen LogP contribution in [-0.2, 0) is 4.74 Å². The third-order valence-corrected chi connectivity index (χ3v) is 4.21. The lowest BCUT2D eigenvalue weighted by Crippen LogP contribution is -2.04. The number of anilines is 1. The molecule has 1 aromatic carbocycles. The van der Waals surface area contributed by atoms with E-state index in [1.165, 1.54) is 0 Å². The molecule has 4 rings (SSSR count). The molecule has 0 unspecified atom stereocenters. The topological polar surface area (TPSA) is 97.1 Å². The van der Waals surface area contributed by atoms with E-state index in [-0.39, 0.29) is 11.6 Å². The summed E-state index contributed by atoms with van der Waals surface area (Å²) in [6.07, 6.45) is 4.49. The molecule has 1 aliphatic rings. The van der Waals surface area contributed by atoms with E-state index in [1.807, 2.05) is 30.3 Å². The predicted octanol–water partition coefficient (Wildman–Crippen LogP) is 3.23. The zero-order valence-electron chi connectivity index (χ0n) is 13.6. The summed E-state index contributed by atoms with van der Waals surface area (Å²) in [5.74, 6) is 0.831. The predicted molar refractivity (Wildman–Crippen MR) is 96.7 cm³/mol. The van der Waals surface area contributed by atoms with Gasteiger partial charge in [-0.05, 0) is 18.1 Å². The molecule has 2 aromatic heterocycles. The molecule has 3 aromatic rings. The summed E-state index contributed by atoms with van der Waals surface area (Å²) in [6, 6.07) is 11.5. The molecule has 0 amide bonds. The second-order valence-electron chi connectivity index (χ2n) is 5.86. The molecule has 0 saturated heterocycles. The molecule has 0 atom stereocenters. The van der Waals surface area contributed by atoms with Crippen LogP contribution in [0, 0.1) is 0 Å². The molecule has 0 radical (unpaired) electrons. The molecule has 3 heterocycles. The van der Waals surface area contributed by atoms with Crippen LogP contribution in [0.5, 0.6) is 5.75 Å². The van der Waals surface area contributed by atoms with Crippen molar-refractivity contribution < 1.29 is 9.84 Å². The van der Waals surface area contributed by atoms with Gasteiger partial charge in [-0.2, -0.15) is 0 Å². The van der Waals surface area contributed by atoms with Crippen molar-refractivity contribution in [3.05, 3.63) is 54.4 Å². The Morgan fingerprint density at radius 2 is 2.00 bits per heavy atom. The van der Waals surface area contributed by atoms with E-state index < -0.39 is 0 Å². The van der Waals surface area contributed by atoms with Crippen LogP contribution in [0.25, 0.3) is 28.2 Å². The zero-order valence-corrected chi connectivity index (χ0v) is 13.6. The number of nitrogens with one attached hydrogen (secondary N) is 1. The molecule has 126 valence electrons. The van der Waals surface area contributed by atoms with Crippen LogP contribution >= 0.6 is 0 Å². The van der Waals surface area contributed by atoms with Gasteiger partial charge in [0.1, 0.15) is 5.82 Å². The minimum absolute atomic E-state index is 0.0475. The summed E-state index contributed by atoms with van der Waals surface area (Å²) < 4.78 is 5.41. The molecule has 4 N–H and O–H groups in total. The minimum Gasteiger partial charge on any atom is -0.504 e. The van der Waals surface area contributed by atoms with E-state index >= 15 is 0 Å². The molecule has 0 saturated carbocycles. The number of nitrogens with two attached hydrogens (primary N) is 1. The highest BCUT2D eigenvalue weighted by atomic mass is 16.5. The van der Waals surface area contributed by atoms with Gasteiger partial charge in [0, 0.05) is 17.3 Å². The third kappa shape index (κ3) is 2.99. The highest BCUT2D eigenvalue weighted by molar-refractivity contribution is 5.80. The monoisotopic (exact) mass is 334 g/mol. The van der Waals surface area contributed by atoms with Gasteiger partial charge < -0.3 is 20.6 Å². The van der Waals surface area contributed by atoms with Crippen LogP contribution in [0.2, 0.25) is 0 Å². The number of hydrogen-bond donors (Lipinski definition) is 3. The van der Waals surface area contributed by atoms with Gasteiger partial charge in [-0.15, -0.1) is 0 Å². The number of aromatic amines is 1. The van der Waals surface area contributed by atoms with Crippen LogP contribution in [0.4, 0.5) is 5.82 Å². The van der Waals surface area contributed by atoms with Crippen LogP contribution < -0.4 is 5.73 Å². The summed E-state index contributed by atoms with van der Waals surface area (Å²) >= 11 is 0. The lowest BCUT2D eigenvalue weighted by molar-refractivity contribution is 0.161. The van der Waals surface area contributed by atoms with E-state index in [0.717, 1.165) is 34.8 Å². The van der Waals surface area contributed by atoms with Gasteiger partial charge in [0.2, 0.25) is 0 Å². The van der Waals surface area contributed by atoms with E-state index in [1.54, 1.807) is 12.3 Å². The second kappa shape index (κ2) is 6.41. The summed E-state index contributed by atoms with van der Waals surface area (Å²) in [7, 11) is 0. The maximum Gasteiger partial charge on any atom is 0.165 e. The van der Waals surface area contributed by atoms with Crippen molar-refractivity contribution in [2.24, 2.45) is 0 Å². The molecule has 1 aliphatic heterocycles. The number of H-pyrrole nitrogens is 1. The first-order valence-electron chi connectivity index (χ1n) is 8.10. The normalized spacial score (nSPS) is 14.3. The Hall–Kier alpha value is -3.12. The van der Waals surface area contributed by atoms with Crippen molar-refractivity contribution in [1.29, 1.82) is 0 Å². The largest absolute Gasteiger partial charge is 0.504 e. The molecule has 6 nitrogen and oxygen atoms in total. The van der Waals surface area contributed by atoms with Crippen molar-refractivity contribution in [2.45, 2.75) is 6.42 Å². The average Bonchev–Trinajstić information content (AvgIpc) is 3.11. The molecule has 6 heteroatoms. The molecular weight excluding hydrogens is 316 g/mol. The van der Waals surface area contributed by atoms with E-state index in [4.69, 9.17) is 15.5 Å². The van der Waals surface area contributed by atoms with E-state index in [0.29, 0.717) is 18.8 Å². The van der Waals surface area contributed by atoms with Crippen molar-refractivity contribution in [3.63, 3.8) is 0 Å². The van der Waals surface area contributed by atoms with Crippen molar-refractivity contribution in [3.8, 4) is 28.4 Å². The van der Waals surface area contributed by atoms with Crippen LogP contribution in [0.1, 0.15) is 12.1 Å². The molecule has 0 spiro atoms. The Morgan fingerprint density at radius 1 is 1.16 bits per heavy atom. The zero-order chi connectivity index (χ0) is 17.2. The Bertz CT molecular complexity index is 932. The van der Waals surface area contributed by atoms with Gasteiger partial charge >= 0.3 is 0 Å². The Morgan fingerprint density at radius 3 is 2.72 bits per heavy atom. The van der Waals surface area contributed by atoms with Gasteiger partial charge in [0.15, 0.2) is 11.6 Å². The number of nitrogen functional groups attached to an aromatic ring is 1. The van der Waals surface area contributed by atoms with Gasteiger partial charge in [-0.1, -0.05) is 36.4 Å². The van der Waals surface area contributed by atoms with Gasteiger partial charge in [0.25, 0.3) is 0 Å². The number of pyridine rings is 1. The van der Waals surface area contributed by atoms with Crippen LogP contribution in [-0.4, -0.2) is 33.3 Å². The fourth-order valence-electron chi connectivity index (χ4n) is 2.89. The first-order valence-corrected chi connectivity index (χ1v) is 8.10. The van der Waals surface area contributed by atoms with Crippen molar-refractivity contribution in [1.82, 2.24) is 15.0 Å². The first kappa shape index (κ1) is 15.4. The number of hydrogen-bond acceptors (Lipinski definition) is 5. The Kier molecular flexibility index (Phi) is 3.95. The maximum absolute atomic E-state index is 9.93. The molecule has 25 heavy (non-hydrogen) atoms. The number of nitrogens with zero attached hydrogens (tertiary/aromatic N) is 2. The van der Waals surface area contributed by atoms with Gasteiger partial charge in [0.05, 0.1) is 24.6 Å². The summed E-state index contributed by atoms with van der Waals surface area (Å²) in [5.41, 5.74) is 10.2. The average molecular weight is 334 g/mol. The summed E-state index contributed by atoms with van der Waals surface area (Å²) in [4.78, 5) is 12.2. The highest BCUT2D eigenvalue weighted by Crippen LogP contribution is 2.34. The van der Waals surface area contributed by atoms with Crippen LogP contribution in [0.15, 0.2) is 48.7 Å². The molecule has 0 bridgehead atoms. The molecule has 0 aliphatic carbocycles. The lowest BCUT2D eigenvalue weighted by atomic mass is 10.0. The van der Waals surface area contributed by atoms with Crippen molar-refractivity contribution >= 4 is 11.4 Å². The number of aromatic hydroxyl groups is 1. The minimum atomic E-state index is -0.0475. The summed E-state index contributed by atoms with van der Waals surface area (Å²) in [5, 5.41) is 9.93. The fraction of sp³-hybridized carbons (Fsp3) is 0.158. The smallest absolute Gasteiger partial charge is 0.165 e. The number of rotatable bonds is 3. The Labute approximate surface area is 145 Å². The quantitative estimate of drug-likeness (QED) is 0.683. The fourth-order valence-corrected chi connectivity index (χ4v) is 2.89. The Balaban J connectivity index is 1.87. The van der Waals surface area contributed by atoms with E-state index in [2.05, 4.69) is 16.0 Å². The van der Waals surface area contributed by atoms with Gasteiger partial charge in [-0.3, -0.25) is 0 Å². The highest BCUT2D eigenvalue weighted by Gasteiger charge is 2.19. The molecule has 0 fully saturated rings. The number of benzene rings is 1. The lowest BCUT2D eigenvalue weighted by Gasteiger charge is -2.13. The van der Waals surface area contributed by atoms with Gasteiger partial charge in [-0.25, -0.2) is 9.97 Å². The van der Waals surface area contributed by atoms with E-state index in [9.17, 15) is 5.11 Å². The number of aromatic nitrogens is 3. The van der Waals surface area contributed by atoms with Crippen molar-refractivity contribution in [2.75, 3.05) is 18.9 Å². The SMILES string of the molecule is Nc1ncc(-c2nc(-c3ccccc3)[nH]c2C2=CCOCC2)cc1O. The molecular formula is C19H18N4O2. The summed E-state index contributed by atoms with van der Waals surface area (Å²) in [6.45, 7) is 1.26. The second-order valence-corrected chi connectivity index (χ2v) is 5.86. The number of ether oxygens (including phenoxy) is 1. The third-order valence-electron chi connectivity index (χ3n) is 4.21. The first-order chi connectivity index (χ1) is 12.2.